The van der Waals surface area contributed by atoms with Gasteiger partial charge in [-0.1, -0.05) is 12.0 Å². The largest absolute Gasteiger partial charge is 0.459 e. The van der Waals surface area contributed by atoms with Gasteiger partial charge in [-0.2, -0.15) is 0 Å². The van der Waals surface area contributed by atoms with Gasteiger partial charge in [0.1, 0.15) is 5.78 Å². The number of pyridine rings is 1. The van der Waals surface area contributed by atoms with Crippen molar-refractivity contribution < 1.29 is 14.3 Å². The number of ether oxygens (including phenoxy) is 1. The Labute approximate surface area is 100 Å². The normalized spacial score (nSPS) is 9.00. The van der Waals surface area contributed by atoms with E-state index < -0.39 is 5.97 Å². The van der Waals surface area contributed by atoms with Crippen LogP contribution in [-0.2, 0) is 20.7 Å². The van der Waals surface area contributed by atoms with E-state index in [4.69, 9.17) is 0 Å². The average molecular weight is 231 g/mol. The highest BCUT2D eigenvalue weighted by molar-refractivity contribution is 5.88. The molecule has 1 aromatic rings. The highest BCUT2D eigenvalue weighted by Crippen LogP contribution is 1.99. The molecule has 0 N–H and O–H groups in total. The number of ketones is 1. The SMILES string of the molecule is COC(=O)C#CCCC(=O)Cc1ccccn1. The summed E-state index contributed by atoms with van der Waals surface area (Å²) in [5, 5.41) is 0. The summed E-state index contributed by atoms with van der Waals surface area (Å²) >= 11 is 0. The molecule has 0 bridgehead atoms. The van der Waals surface area contributed by atoms with E-state index in [0.717, 1.165) is 5.69 Å². The van der Waals surface area contributed by atoms with E-state index in [0.29, 0.717) is 19.3 Å². The number of rotatable bonds is 4. The van der Waals surface area contributed by atoms with Gasteiger partial charge in [0, 0.05) is 37.1 Å². The Morgan fingerprint density at radius 2 is 2.24 bits per heavy atom. The third-order valence-corrected chi connectivity index (χ3v) is 2.01. The number of nitrogens with zero attached hydrogens (tertiary/aromatic N) is 1. The molecule has 0 atom stereocenters. The molecule has 0 unspecified atom stereocenters. The van der Waals surface area contributed by atoms with Crippen LogP contribution in [0.15, 0.2) is 24.4 Å². The van der Waals surface area contributed by atoms with Crippen molar-refractivity contribution in [3.8, 4) is 11.8 Å². The number of hydrogen-bond donors (Lipinski definition) is 0. The fourth-order valence-electron chi connectivity index (χ4n) is 1.18. The van der Waals surface area contributed by atoms with Crippen LogP contribution in [0.5, 0.6) is 0 Å². The lowest BCUT2D eigenvalue weighted by Gasteiger charge is -1.97. The highest BCUT2D eigenvalue weighted by atomic mass is 16.5. The fraction of sp³-hybridized carbons (Fsp3) is 0.308. The fourth-order valence-corrected chi connectivity index (χ4v) is 1.18. The topological polar surface area (TPSA) is 56.3 Å². The van der Waals surface area contributed by atoms with Gasteiger partial charge in [-0.3, -0.25) is 9.78 Å². The maximum Gasteiger partial charge on any atom is 0.384 e. The standard InChI is InChI=1S/C13H13NO3/c1-17-13(16)8-3-2-7-12(15)10-11-6-4-5-9-14-11/h4-6,9H,2,7,10H2,1H3. The van der Waals surface area contributed by atoms with E-state index in [9.17, 15) is 9.59 Å². The predicted octanol–water partition coefficient (Wildman–Crippen LogP) is 1.15. The minimum atomic E-state index is -0.581. The van der Waals surface area contributed by atoms with E-state index in [1.54, 1.807) is 18.3 Å². The molecule has 0 aliphatic carbocycles. The molecule has 0 aromatic carbocycles. The molecule has 0 aliphatic heterocycles. The van der Waals surface area contributed by atoms with Crippen LogP contribution in [0.1, 0.15) is 18.5 Å². The number of carbonyl (C=O) groups excluding carboxylic acids is 2. The Morgan fingerprint density at radius 3 is 2.88 bits per heavy atom. The van der Waals surface area contributed by atoms with Crippen LogP contribution in [-0.4, -0.2) is 23.8 Å². The Balaban J connectivity index is 2.31. The number of aromatic nitrogens is 1. The summed E-state index contributed by atoms with van der Waals surface area (Å²) in [4.78, 5) is 26.2. The van der Waals surface area contributed by atoms with Gasteiger partial charge in [0.05, 0.1) is 7.11 Å². The van der Waals surface area contributed by atoms with Crippen LogP contribution in [0, 0.1) is 11.8 Å². The Morgan fingerprint density at radius 1 is 1.41 bits per heavy atom. The van der Waals surface area contributed by atoms with Gasteiger partial charge < -0.3 is 4.74 Å². The van der Waals surface area contributed by atoms with Crippen LogP contribution in [0.3, 0.4) is 0 Å². The summed E-state index contributed by atoms with van der Waals surface area (Å²) in [5.41, 5.74) is 0.749. The zero-order valence-corrected chi connectivity index (χ0v) is 9.60. The molecule has 0 saturated carbocycles. The molecule has 1 rings (SSSR count). The first kappa shape index (κ1) is 12.9. The number of Topliss-reactive ketones (excluding diaryl/α,β-unsaturated/α-hetero) is 1. The Hall–Kier alpha value is -2.15. The molecular formula is C13H13NO3. The smallest absolute Gasteiger partial charge is 0.384 e. The average Bonchev–Trinajstić information content (AvgIpc) is 2.35. The monoisotopic (exact) mass is 231 g/mol. The first-order chi connectivity index (χ1) is 8.22. The molecule has 4 heteroatoms. The van der Waals surface area contributed by atoms with Crippen molar-refractivity contribution in [3.63, 3.8) is 0 Å². The predicted molar refractivity (Wildman–Crippen MR) is 62.0 cm³/mol. The summed E-state index contributed by atoms with van der Waals surface area (Å²) in [6, 6.07) is 5.44. The van der Waals surface area contributed by atoms with Crippen LogP contribution in [0.2, 0.25) is 0 Å². The molecule has 4 nitrogen and oxygen atoms in total. The molecule has 0 spiro atoms. The van der Waals surface area contributed by atoms with E-state index in [-0.39, 0.29) is 5.78 Å². The van der Waals surface area contributed by atoms with Gasteiger partial charge in [0.25, 0.3) is 0 Å². The first-order valence-corrected chi connectivity index (χ1v) is 5.21. The molecule has 1 heterocycles. The van der Waals surface area contributed by atoms with Crippen LogP contribution in [0.4, 0.5) is 0 Å². The second-order valence-corrected chi connectivity index (χ2v) is 3.33. The second-order valence-electron chi connectivity index (χ2n) is 3.33. The molecule has 88 valence electrons. The van der Waals surface area contributed by atoms with Crippen molar-refractivity contribution >= 4 is 11.8 Å². The summed E-state index contributed by atoms with van der Waals surface area (Å²) in [7, 11) is 1.27. The van der Waals surface area contributed by atoms with Gasteiger partial charge in [0.15, 0.2) is 0 Å². The van der Waals surface area contributed by atoms with E-state index in [1.165, 1.54) is 7.11 Å². The highest BCUT2D eigenvalue weighted by Gasteiger charge is 2.03. The molecule has 0 radical (unpaired) electrons. The molecule has 0 saturated heterocycles. The number of methoxy groups -OCH3 is 1. The summed E-state index contributed by atoms with van der Waals surface area (Å²) < 4.78 is 4.35. The summed E-state index contributed by atoms with van der Waals surface area (Å²) in [5.74, 6) is 4.34. The Kier molecular flexibility index (Phi) is 5.45. The quantitative estimate of drug-likeness (QED) is 0.443. The van der Waals surface area contributed by atoms with Gasteiger partial charge in [-0.15, -0.1) is 0 Å². The molecule has 0 fully saturated rings. The van der Waals surface area contributed by atoms with Crippen molar-refractivity contribution in [2.75, 3.05) is 7.11 Å². The molecule has 17 heavy (non-hydrogen) atoms. The van der Waals surface area contributed by atoms with Crippen LogP contribution >= 0.6 is 0 Å². The van der Waals surface area contributed by atoms with Gasteiger partial charge in [-0.25, -0.2) is 4.79 Å². The number of carbonyl (C=O) groups is 2. The number of hydrogen-bond acceptors (Lipinski definition) is 4. The van der Waals surface area contributed by atoms with Crippen molar-refractivity contribution in [1.29, 1.82) is 0 Å². The minimum absolute atomic E-state index is 0.0582. The van der Waals surface area contributed by atoms with Gasteiger partial charge >= 0.3 is 5.97 Å². The first-order valence-electron chi connectivity index (χ1n) is 5.21. The van der Waals surface area contributed by atoms with Crippen LogP contribution < -0.4 is 0 Å². The van der Waals surface area contributed by atoms with Crippen molar-refractivity contribution in [2.45, 2.75) is 19.3 Å². The second kappa shape index (κ2) is 7.18. The van der Waals surface area contributed by atoms with Crippen LogP contribution in [0.25, 0.3) is 0 Å². The zero-order chi connectivity index (χ0) is 12.5. The summed E-state index contributed by atoms with van der Waals surface area (Å²) in [6.07, 6.45) is 2.64. The van der Waals surface area contributed by atoms with Crippen molar-refractivity contribution in [1.82, 2.24) is 4.98 Å². The molecule has 0 aliphatic rings. The van der Waals surface area contributed by atoms with Gasteiger partial charge in [-0.05, 0) is 12.1 Å². The molecular weight excluding hydrogens is 218 g/mol. The van der Waals surface area contributed by atoms with E-state index in [1.807, 2.05) is 6.07 Å². The lowest BCUT2D eigenvalue weighted by atomic mass is 10.1. The van der Waals surface area contributed by atoms with Crippen molar-refractivity contribution in [2.24, 2.45) is 0 Å². The maximum absolute atomic E-state index is 11.5. The summed E-state index contributed by atoms with van der Waals surface area (Å²) in [6.45, 7) is 0. The molecule has 1 aromatic heterocycles. The van der Waals surface area contributed by atoms with E-state index in [2.05, 4.69) is 21.6 Å². The maximum atomic E-state index is 11.5. The van der Waals surface area contributed by atoms with E-state index >= 15 is 0 Å². The molecule has 0 amide bonds. The lowest BCUT2D eigenvalue weighted by molar-refractivity contribution is -0.133. The van der Waals surface area contributed by atoms with Gasteiger partial charge in [0.2, 0.25) is 0 Å². The zero-order valence-electron chi connectivity index (χ0n) is 9.60. The number of esters is 1. The third kappa shape index (κ3) is 5.47. The van der Waals surface area contributed by atoms with Crippen molar-refractivity contribution in [3.05, 3.63) is 30.1 Å². The Bertz CT molecular complexity index is 443. The minimum Gasteiger partial charge on any atom is -0.459 e. The lowest BCUT2D eigenvalue weighted by Crippen LogP contribution is -2.03. The third-order valence-electron chi connectivity index (χ3n) is 2.01.